The summed E-state index contributed by atoms with van der Waals surface area (Å²) in [7, 11) is 1.51. The van der Waals surface area contributed by atoms with E-state index in [0.29, 0.717) is 42.2 Å². The van der Waals surface area contributed by atoms with Gasteiger partial charge in [-0.2, -0.15) is 0 Å². The van der Waals surface area contributed by atoms with Crippen molar-refractivity contribution in [3.8, 4) is 11.5 Å². The molecule has 0 radical (unpaired) electrons. The minimum atomic E-state index is -0.322. The Bertz CT molecular complexity index is 928. The largest absolute Gasteiger partial charge is 0.496 e. The Morgan fingerprint density at radius 1 is 0.929 bits per heavy atom. The van der Waals surface area contributed by atoms with E-state index in [2.05, 4.69) is 5.32 Å². The average molecular weight is 379 g/mol. The van der Waals surface area contributed by atoms with E-state index in [1.54, 1.807) is 36.4 Å². The van der Waals surface area contributed by atoms with Gasteiger partial charge in [-0.25, -0.2) is 4.39 Å². The van der Waals surface area contributed by atoms with Crippen LogP contribution in [0, 0.1) is 5.82 Å². The van der Waals surface area contributed by atoms with Gasteiger partial charge < -0.3 is 14.8 Å². The van der Waals surface area contributed by atoms with Gasteiger partial charge in [0.05, 0.1) is 7.11 Å². The summed E-state index contributed by atoms with van der Waals surface area (Å²) in [4.78, 5) is 12.8. The van der Waals surface area contributed by atoms with Crippen LogP contribution in [0.4, 0.5) is 4.39 Å². The summed E-state index contributed by atoms with van der Waals surface area (Å²) in [6.45, 7) is 0.638. The summed E-state index contributed by atoms with van der Waals surface area (Å²) in [5, 5.41) is 2.82. The van der Waals surface area contributed by atoms with E-state index in [-0.39, 0.29) is 11.7 Å². The van der Waals surface area contributed by atoms with Crippen LogP contribution in [0.1, 0.15) is 21.5 Å². The van der Waals surface area contributed by atoms with Crippen molar-refractivity contribution in [1.82, 2.24) is 5.32 Å². The maximum Gasteiger partial charge on any atom is 0.258 e. The molecule has 0 saturated heterocycles. The van der Waals surface area contributed by atoms with Crippen molar-refractivity contribution in [2.24, 2.45) is 0 Å². The molecule has 5 heteroatoms. The van der Waals surface area contributed by atoms with E-state index in [1.165, 1.54) is 13.2 Å². The van der Waals surface area contributed by atoms with E-state index in [4.69, 9.17) is 9.47 Å². The first-order chi connectivity index (χ1) is 13.7. The second-order valence-electron chi connectivity index (χ2n) is 6.20. The summed E-state index contributed by atoms with van der Waals surface area (Å²) >= 11 is 0. The van der Waals surface area contributed by atoms with Crippen molar-refractivity contribution in [2.45, 2.75) is 13.0 Å². The molecule has 0 bridgehead atoms. The molecule has 3 aromatic rings. The Balaban J connectivity index is 1.70. The fourth-order valence-electron chi connectivity index (χ4n) is 2.86. The van der Waals surface area contributed by atoms with Crippen molar-refractivity contribution in [3.05, 3.63) is 95.3 Å². The third kappa shape index (κ3) is 4.88. The number of amides is 1. The van der Waals surface area contributed by atoms with Gasteiger partial charge in [0.2, 0.25) is 0 Å². The van der Waals surface area contributed by atoms with Crippen molar-refractivity contribution in [2.75, 3.05) is 13.7 Å². The molecule has 0 fully saturated rings. The summed E-state index contributed by atoms with van der Waals surface area (Å²) in [5.41, 5.74) is 1.88. The lowest BCUT2D eigenvalue weighted by molar-refractivity contribution is 0.0946. The number of hydrogen-bond donors (Lipinski definition) is 1. The highest BCUT2D eigenvalue weighted by molar-refractivity contribution is 5.99. The van der Waals surface area contributed by atoms with E-state index < -0.39 is 0 Å². The van der Waals surface area contributed by atoms with Gasteiger partial charge in [-0.15, -0.1) is 0 Å². The standard InChI is InChI=1S/C23H22FNO3/c1-27-20-12-7-13-21(28-16-17-8-3-2-4-9-17)22(20)23(26)25-15-14-18-10-5-6-11-19(18)24/h2-13H,14-16H2,1H3,(H,25,26). The first-order valence-corrected chi connectivity index (χ1v) is 9.04. The van der Waals surface area contributed by atoms with E-state index >= 15 is 0 Å². The predicted molar refractivity (Wildman–Crippen MR) is 106 cm³/mol. The fraction of sp³-hybridized carbons (Fsp3) is 0.174. The van der Waals surface area contributed by atoms with Crippen LogP contribution in [0.5, 0.6) is 11.5 Å². The molecule has 0 aliphatic heterocycles. The molecule has 0 spiro atoms. The molecular weight excluding hydrogens is 357 g/mol. The quantitative estimate of drug-likeness (QED) is 0.632. The second kappa shape index (κ2) is 9.55. The van der Waals surface area contributed by atoms with Crippen molar-refractivity contribution >= 4 is 5.91 Å². The number of carbonyl (C=O) groups is 1. The zero-order valence-corrected chi connectivity index (χ0v) is 15.7. The maximum absolute atomic E-state index is 13.7. The molecule has 1 N–H and O–H groups in total. The third-order valence-corrected chi connectivity index (χ3v) is 4.31. The number of carbonyl (C=O) groups excluding carboxylic acids is 1. The van der Waals surface area contributed by atoms with Crippen molar-refractivity contribution < 1.29 is 18.7 Å². The van der Waals surface area contributed by atoms with E-state index in [9.17, 15) is 9.18 Å². The number of hydrogen-bond acceptors (Lipinski definition) is 3. The molecule has 0 aromatic heterocycles. The SMILES string of the molecule is COc1cccc(OCc2ccccc2)c1C(=O)NCCc1ccccc1F. The topological polar surface area (TPSA) is 47.6 Å². The van der Waals surface area contributed by atoms with Gasteiger partial charge in [0.15, 0.2) is 0 Å². The molecule has 0 aliphatic carbocycles. The van der Waals surface area contributed by atoms with Crippen LogP contribution >= 0.6 is 0 Å². The lowest BCUT2D eigenvalue weighted by Gasteiger charge is -2.15. The number of nitrogens with one attached hydrogen (secondary N) is 1. The molecule has 3 rings (SSSR count). The van der Waals surface area contributed by atoms with Gasteiger partial charge in [-0.05, 0) is 35.7 Å². The first kappa shape index (κ1) is 19.4. The first-order valence-electron chi connectivity index (χ1n) is 9.04. The van der Waals surface area contributed by atoms with E-state index in [0.717, 1.165) is 5.56 Å². The van der Waals surface area contributed by atoms with Gasteiger partial charge in [-0.1, -0.05) is 54.6 Å². The highest BCUT2D eigenvalue weighted by atomic mass is 19.1. The normalized spacial score (nSPS) is 10.4. The molecule has 0 saturated carbocycles. The Hall–Kier alpha value is -3.34. The lowest BCUT2D eigenvalue weighted by Crippen LogP contribution is -2.27. The number of benzene rings is 3. The molecule has 4 nitrogen and oxygen atoms in total. The Morgan fingerprint density at radius 2 is 1.64 bits per heavy atom. The minimum absolute atomic E-state index is 0.277. The van der Waals surface area contributed by atoms with Gasteiger partial charge in [0.1, 0.15) is 29.5 Å². The Labute approximate surface area is 163 Å². The number of halogens is 1. The monoisotopic (exact) mass is 379 g/mol. The summed E-state index contributed by atoms with van der Waals surface area (Å²) in [6, 6.07) is 21.4. The highest BCUT2D eigenvalue weighted by Gasteiger charge is 2.18. The van der Waals surface area contributed by atoms with Crippen LogP contribution in [0.2, 0.25) is 0 Å². The predicted octanol–water partition coefficient (Wildman–Crippen LogP) is 4.39. The highest BCUT2D eigenvalue weighted by Crippen LogP contribution is 2.29. The molecule has 0 unspecified atom stereocenters. The maximum atomic E-state index is 13.7. The molecule has 0 atom stereocenters. The molecule has 0 aliphatic rings. The molecule has 0 heterocycles. The zero-order chi connectivity index (χ0) is 19.8. The van der Waals surface area contributed by atoms with Crippen molar-refractivity contribution in [1.29, 1.82) is 0 Å². The van der Waals surface area contributed by atoms with Gasteiger partial charge in [-0.3, -0.25) is 4.79 Å². The Kier molecular flexibility index (Phi) is 6.63. The lowest BCUT2D eigenvalue weighted by atomic mass is 10.1. The van der Waals surface area contributed by atoms with Crippen LogP contribution in [0.25, 0.3) is 0 Å². The number of ether oxygens (including phenoxy) is 2. The zero-order valence-electron chi connectivity index (χ0n) is 15.7. The number of methoxy groups -OCH3 is 1. The van der Waals surface area contributed by atoms with Crippen LogP contribution < -0.4 is 14.8 Å². The molecule has 144 valence electrons. The van der Waals surface area contributed by atoms with Gasteiger partial charge >= 0.3 is 0 Å². The third-order valence-electron chi connectivity index (χ3n) is 4.31. The van der Waals surface area contributed by atoms with Crippen LogP contribution in [-0.2, 0) is 13.0 Å². The van der Waals surface area contributed by atoms with Crippen LogP contribution in [0.3, 0.4) is 0 Å². The molecule has 1 amide bonds. The van der Waals surface area contributed by atoms with Gasteiger partial charge in [0, 0.05) is 6.54 Å². The Morgan fingerprint density at radius 3 is 2.39 bits per heavy atom. The number of rotatable bonds is 8. The smallest absolute Gasteiger partial charge is 0.258 e. The van der Waals surface area contributed by atoms with Crippen molar-refractivity contribution in [3.63, 3.8) is 0 Å². The minimum Gasteiger partial charge on any atom is -0.496 e. The molecule has 28 heavy (non-hydrogen) atoms. The van der Waals surface area contributed by atoms with E-state index in [1.807, 2.05) is 30.3 Å². The second-order valence-corrected chi connectivity index (χ2v) is 6.20. The summed E-state index contributed by atoms with van der Waals surface area (Å²) < 4.78 is 24.9. The molecule has 3 aromatic carbocycles. The molecular formula is C23H22FNO3. The van der Waals surface area contributed by atoms with Crippen LogP contribution in [-0.4, -0.2) is 19.6 Å². The summed E-state index contributed by atoms with van der Waals surface area (Å²) in [5.74, 6) is 0.262. The van der Waals surface area contributed by atoms with Crippen LogP contribution in [0.15, 0.2) is 72.8 Å². The van der Waals surface area contributed by atoms with Gasteiger partial charge in [0.25, 0.3) is 5.91 Å². The average Bonchev–Trinajstić information content (AvgIpc) is 2.74. The summed E-state index contributed by atoms with van der Waals surface area (Å²) in [6.07, 6.45) is 0.397. The fourth-order valence-corrected chi connectivity index (χ4v) is 2.86.